The minimum Gasteiger partial charge on any atom is -0.495 e. The van der Waals surface area contributed by atoms with Gasteiger partial charge in [-0.15, -0.1) is 0 Å². The second-order valence-corrected chi connectivity index (χ2v) is 3.55. The highest BCUT2D eigenvalue weighted by atomic mass is 16.5. The van der Waals surface area contributed by atoms with Gasteiger partial charge in [-0.1, -0.05) is 18.2 Å². The van der Waals surface area contributed by atoms with Crippen molar-refractivity contribution in [2.45, 2.75) is 6.04 Å². The molecule has 1 unspecified atom stereocenters. The molecule has 1 heterocycles. The number of rotatable bonds is 3. The number of nitrogens with zero attached hydrogens (tertiary/aromatic N) is 1. The third-order valence-electron chi connectivity index (χ3n) is 2.57. The maximum absolute atomic E-state index is 9.17. The SMILES string of the molecule is COc1cnc2ccccc2c1C(N)CO. The first kappa shape index (κ1) is 10.9. The average molecular weight is 218 g/mol. The Morgan fingerprint density at radius 1 is 1.44 bits per heavy atom. The van der Waals surface area contributed by atoms with E-state index < -0.39 is 6.04 Å². The summed E-state index contributed by atoms with van der Waals surface area (Å²) in [5.41, 5.74) is 7.53. The highest BCUT2D eigenvalue weighted by molar-refractivity contribution is 5.84. The maximum atomic E-state index is 9.17. The molecule has 0 amide bonds. The first-order chi connectivity index (χ1) is 7.77. The number of hydrogen-bond donors (Lipinski definition) is 2. The van der Waals surface area contributed by atoms with E-state index in [0.717, 1.165) is 16.5 Å². The molecule has 0 saturated heterocycles. The highest BCUT2D eigenvalue weighted by Crippen LogP contribution is 2.30. The lowest BCUT2D eigenvalue weighted by Gasteiger charge is -2.15. The van der Waals surface area contributed by atoms with Gasteiger partial charge < -0.3 is 15.6 Å². The fourth-order valence-electron chi connectivity index (χ4n) is 1.78. The van der Waals surface area contributed by atoms with E-state index in [-0.39, 0.29) is 6.61 Å². The Morgan fingerprint density at radius 2 is 2.19 bits per heavy atom. The van der Waals surface area contributed by atoms with Crippen LogP contribution in [-0.2, 0) is 0 Å². The van der Waals surface area contributed by atoms with E-state index in [4.69, 9.17) is 15.6 Å². The summed E-state index contributed by atoms with van der Waals surface area (Å²) in [5, 5.41) is 10.1. The lowest BCUT2D eigenvalue weighted by molar-refractivity contribution is 0.265. The van der Waals surface area contributed by atoms with Gasteiger partial charge in [0.05, 0.1) is 31.5 Å². The smallest absolute Gasteiger partial charge is 0.142 e. The molecular formula is C12H14N2O2. The summed E-state index contributed by atoms with van der Waals surface area (Å²) < 4.78 is 5.22. The predicted octanol–water partition coefficient (Wildman–Crippen LogP) is 1.24. The van der Waals surface area contributed by atoms with Gasteiger partial charge >= 0.3 is 0 Å². The Balaban J connectivity index is 2.72. The molecule has 84 valence electrons. The average Bonchev–Trinajstić information content (AvgIpc) is 2.36. The van der Waals surface area contributed by atoms with E-state index in [1.807, 2.05) is 24.3 Å². The fraction of sp³-hybridized carbons (Fsp3) is 0.250. The molecule has 2 aromatic rings. The molecule has 3 N–H and O–H groups in total. The van der Waals surface area contributed by atoms with Gasteiger partial charge in [0.1, 0.15) is 5.75 Å². The number of ether oxygens (including phenoxy) is 1. The van der Waals surface area contributed by atoms with Crippen LogP contribution in [-0.4, -0.2) is 23.8 Å². The first-order valence-corrected chi connectivity index (χ1v) is 5.06. The van der Waals surface area contributed by atoms with Crippen molar-refractivity contribution in [2.24, 2.45) is 5.73 Å². The maximum Gasteiger partial charge on any atom is 0.142 e. The quantitative estimate of drug-likeness (QED) is 0.813. The Morgan fingerprint density at radius 3 is 2.88 bits per heavy atom. The van der Waals surface area contributed by atoms with Crippen LogP contribution in [0.1, 0.15) is 11.6 Å². The molecular weight excluding hydrogens is 204 g/mol. The van der Waals surface area contributed by atoms with E-state index >= 15 is 0 Å². The van der Waals surface area contributed by atoms with Crippen molar-refractivity contribution in [3.05, 3.63) is 36.0 Å². The number of para-hydroxylation sites is 1. The Bertz CT molecular complexity index is 499. The standard InChI is InChI=1S/C12H14N2O2/c1-16-11-6-14-10-5-3-2-4-8(10)12(11)9(13)7-15/h2-6,9,15H,7,13H2,1H3. The topological polar surface area (TPSA) is 68.4 Å². The van der Waals surface area contributed by atoms with Gasteiger partial charge in [-0.3, -0.25) is 4.98 Å². The Labute approximate surface area is 93.7 Å². The first-order valence-electron chi connectivity index (χ1n) is 5.06. The second-order valence-electron chi connectivity index (χ2n) is 3.55. The van der Waals surface area contributed by atoms with Gasteiger partial charge in [0, 0.05) is 10.9 Å². The summed E-state index contributed by atoms with van der Waals surface area (Å²) in [6, 6.07) is 7.20. The summed E-state index contributed by atoms with van der Waals surface area (Å²) in [7, 11) is 1.57. The normalized spacial score (nSPS) is 12.7. The summed E-state index contributed by atoms with van der Waals surface area (Å²) in [6.45, 7) is -0.121. The van der Waals surface area contributed by atoms with Gasteiger partial charge in [-0.05, 0) is 6.07 Å². The van der Waals surface area contributed by atoms with Crippen molar-refractivity contribution in [2.75, 3.05) is 13.7 Å². The van der Waals surface area contributed by atoms with Crippen molar-refractivity contribution in [3.63, 3.8) is 0 Å². The van der Waals surface area contributed by atoms with Crippen LogP contribution in [0.15, 0.2) is 30.5 Å². The number of aliphatic hydroxyl groups excluding tert-OH is 1. The van der Waals surface area contributed by atoms with Crippen LogP contribution in [0.3, 0.4) is 0 Å². The molecule has 16 heavy (non-hydrogen) atoms. The molecule has 1 aromatic heterocycles. The largest absolute Gasteiger partial charge is 0.495 e. The van der Waals surface area contributed by atoms with Gasteiger partial charge in [0.2, 0.25) is 0 Å². The molecule has 0 aliphatic rings. The van der Waals surface area contributed by atoms with Crippen LogP contribution in [0, 0.1) is 0 Å². The van der Waals surface area contributed by atoms with Gasteiger partial charge in [-0.25, -0.2) is 0 Å². The van der Waals surface area contributed by atoms with Crippen LogP contribution in [0.5, 0.6) is 5.75 Å². The van der Waals surface area contributed by atoms with Gasteiger partial charge in [-0.2, -0.15) is 0 Å². The number of aromatic nitrogens is 1. The third-order valence-corrected chi connectivity index (χ3v) is 2.57. The molecule has 0 radical (unpaired) electrons. The van der Waals surface area contributed by atoms with Crippen LogP contribution in [0.4, 0.5) is 0 Å². The van der Waals surface area contributed by atoms with Crippen molar-refractivity contribution in [1.82, 2.24) is 4.98 Å². The van der Waals surface area contributed by atoms with Crippen molar-refractivity contribution in [3.8, 4) is 5.75 Å². The number of aliphatic hydroxyl groups is 1. The molecule has 0 aliphatic carbocycles. The third kappa shape index (κ3) is 1.73. The Hall–Kier alpha value is -1.65. The minimum absolute atomic E-state index is 0.121. The molecule has 4 heteroatoms. The number of nitrogens with two attached hydrogens (primary N) is 1. The second kappa shape index (κ2) is 4.47. The van der Waals surface area contributed by atoms with E-state index in [2.05, 4.69) is 4.98 Å². The molecule has 0 saturated carbocycles. The molecule has 1 atom stereocenters. The van der Waals surface area contributed by atoms with Crippen LogP contribution in [0.2, 0.25) is 0 Å². The summed E-state index contributed by atoms with van der Waals surface area (Å²) in [6.07, 6.45) is 1.63. The molecule has 0 aliphatic heterocycles. The number of pyridine rings is 1. The lowest BCUT2D eigenvalue weighted by atomic mass is 10.0. The summed E-state index contributed by atoms with van der Waals surface area (Å²) in [5.74, 6) is 0.611. The zero-order valence-corrected chi connectivity index (χ0v) is 9.05. The fourth-order valence-corrected chi connectivity index (χ4v) is 1.78. The van der Waals surface area contributed by atoms with Crippen molar-refractivity contribution >= 4 is 10.9 Å². The van der Waals surface area contributed by atoms with Crippen LogP contribution >= 0.6 is 0 Å². The minimum atomic E-state index is -0.456. The number of fused-ring (bicyclic) bond motifs is 1. The highest BCUT2D eigenvalue weighted by Gasteiger charge is 2.15. The van der Waals surface area contributed by atoms with E-state index in [9.17, 15) is 0 Å². The molecule has 4 nitrogen and oxygen atoms in total. The summed E-state index contributed by atoms with van der Waals surface area (Å²) >= 11 is 0. The number of methoxy groups -OCH3 is 1. The van der Waals surface area contributed by atoms with Crippen LogP contribution < -0.4 is 10.5 Å². The summed E-state index contributed by atoms with van der Waals surface area (Å²) in [4.78, 5) is 4.27. The van der Waals surface area contributed by atoms with Crippen molar-refractivity contribution < 1.29 is 9.84 Å². The monoisotopic (exact) mass is 218 g/mol. The zero-order chi connectivity index (χ0) is 11.5. The lowest BCUT2D eigenvalue weighted by Crippen LogP contribution is -2.16. The molecule has 0 spiro atoms. The van der Waals surface area contributed by atoms with Crippen LogP contribution in [0.25, 0.3) is 10.9 Å². The number of hydrogen-bond acceptors (Lipinski definition) is 4. The molecule has 2 rings (SSSR count). The van der Waals surface area contributed by atoms with Gasteiger partial charge in [0.15, 0.2) is 0 Å². The molecule has 0 bridgehead atoms. The zero-order valence-electron chi connectivity index (χ0n) is 9.05. The van der Waals surface area contributed by atoms with Gasteiger partial charge in [0.25, 0.3) is 0 Å². The molecule has 1 aromatic carbocycles. The number of benzene rings is 1. The Kier molecular flexibility index (Phi) is 3.03. The predicted molar refractivity (Wildman–Crippen MR) is 62.3 cm³/mol. The van der Waals surface area contributed by atoms with E-state index in [1.54, 1.807) is 13.3 Å². The van der Waals surface area contributed by atoms with E-state index in [1.165, 1.54) is 0 Å². The molecule has 0 fully saturated rings. The van der Waals surface area contributed by atoms with Crippen molar-refractivity contribution in [1.29, 1.82) is 0 Å². The van der Waals surface area contributed by atoms with E-state index in [0.29, 0.717) is 5.75 Å².